The molecular formula is C26H35N3O3. The van der Waals surface area contributed by atoms with Gasteiger partial charge in [-0.1, -0.05) is 6.07 Å². The third-order valence-electron chi connectivity index (χ3n) is 7.57. The van der Waals surface area contributed by atoms with Crippen LogP contribution in [0, 0.1) is 23.2 Å². The van der Waals surface area contributed by atoms with Crippen LogP contribution in [0.25, 0.3) is 0 Å². The van der Waals surface area contributed by atoms with E-state index in [9.17, 15) is 4.79 Å². The highest BCUT2D eigenvalue weighted by atomic mass is 16.5. The number of carbonyl (C=O) groups excluding carboxylic acids is 1. The van der Waals surface area contributed by atoms with Crippen molar-refractivity contribution >= 4 is 11.6 Å². The van der Waals surface area contributed by atoms with Crippen molar-refractivity contribution in [3.05, 3.63) is 36.2 Å². The van der Waals surface area contributed by atoms with Crippen molar-refractivity contribution in [2.24, 2.45) is 23.2 Å². The number of rotatable bonds is 9. The summed E-state index contributed by atoms with van der Waals surface area (Å²) in [5, 5.41) is 7.57. The molecule has 4 aliphatic carbocycles. The van der Waals surface area contributed by atoms with Gasteiger partial charge in [-0.05, 0) is 93.2 Å². The van der Waals surface area contributed by atoms with E-state index in [1.54, 1.807) is 6.20 Å². The van der Waals surface area contributed by atoms with Crippen molar-refractivity contribution in [3.8, 4) is 11.5 Å². The number of hydrogen-bond acceptors (Lipinski definition) is 4. The topological polar surface area (TPSA) is 65.4 Å². The van der Waals surface area contributed by atoms with Gasteiger partial charge in [0.15, 0.2) is 11.5 Å². The summed E-state index contributed by atoms with van der Waals surface area (Å²) in [5.41, 5.74) is 2.11. The minimum absolute atomic E-state index is 0.145. The van der Waals surface area contributed by atoms with Crippen LogP contribution >= 0.6 is 0 Å². The fourth-order valence-electron chi connectivity index (χ4n) is 6.95. The van der Waals surface area contributed by atoms with Gasteiger partial charge in [0.25, 0.3) is 0 Å². The fourth-order valence-corrected chi connectivity index (χ4v) is 6.95. The van der Waals surface area contributed by atoms with E-state index in [-0.39, 0.29) is 11.3 Å². The number of hydrogen-bond donors (Lipinski definition) is 1. The lowest BCUT2D eigenvalue weighted by Crippen LogP contribution is -2.47. The monoisotopic (exact) mass is 437 g/mol. The maximum atomic E-state index is 12.9. The molecule has 6 nitrogen and oxygen atoms in total. The highest BCUT2D eigenvalue weighted by Crippen LogP contribution is 2.61. The van der Waals surface area contributed by atoms with Crippen molar-refractivity contribution in [3.63, 3.8) is 0 Å². The van der Waals surface area contributed by atoms with Crippen LogP contribution in [0.5, 0.6) is 11.5 Å². The lowest BCUT2D eigenvalue weighted by atomic mass is 9.49. The summed E-state index contributed by atoms with van der Waals surface area (Å²) in [6.45, 7) is 5.73. The Morgan fingerprint density at radius 1 is 1.06 bits per heavy atom. The predicted molar refractivity (Wildman–Crippen MR) is 124 cm³/mol. The van der Waals surface area contributed by atoms with Crippen molar-refractivity contribution in [1.29, 1.82) is 0 Å². The van der Waals surface area contributed by atoms with Gasteiger partial charge in [-0.25, -0.2) is 0 Å². The largest absolute Gasteiger partial charge is 0.490 e. The van der Waals surface area contributed by atoms with Crippen LogP contribution in [0.15, 0.2) is 30.6 Å². The number of nitrogens with zero attached hydrogens (tertiary/aromatic N) is 2. The molecule has 1 N–H and O–H groups in total. The van der Waals surface area contributed by atoms with Gasteiger partial charge < -0.3 is 14.8 Å². The van der Waals surface area contributed by atoms with Gasteiger partial charge in [-0.3, -0.25) is 9.48 Å². The third kappa shape index (κ3) is 4.50. The number of anilines is 1. The second kappa shape index (κ2) is 8.80. The Labute approximate surface area is 190 Å². The molecule has 32 heavy (non-hydrogen) atoms. The molecule has 4 bridgehead atoms. The van der Waals surface area contributed by atoms with Crippen LogP contribution < -0.4 is 14.8 Å². The zero-order chi connectivity index (χ0) is 22.1. The zero-order valence-corrected chi connectivity index (χ0v) is 19.3. The molecule has 0 atom stereocenters. The molecule has 4 aliphatic rings. The normalized spacial score (nSPS) is 28.0. The summed E-state index contributed by atoms with van der Waals surface area (Å²) in [5.74, 6) is 4.26. The van der Waals surface area contributed by atoms with E-state index in [1.165, 1.54) is 38.5 Å². The van der Waals surface area contributed by atoms with E-state index < -0.39 is 0 Å². The SMILES string of the molecule is CCOc1ccc(Cn2cc(NC(=O)CC34CC5CC(CC(C5)C3)C4)cn2)cc1OCC. The smallest absolute Gasteiger partial charge is 0.225 e. The van der Waals surface area contributed by atoms with Gasteiger partial charge in [0.2, 0.25) is 5.91 Å². The Balaban J connectivity index is 1.20. The zero-order valence-electron chi connectivity index (χ0n) is 19.3. The molecule has 172 valence electrons. The Morgan fingerprint density at radius 3 is 2.38 bits per heavy atom. The third-order valence-corrected chi connectivity index (χ3v) is 7.57. The number of aromatic nitrogens is 2. The molecule has 6 rings (SSSR count). The van der Waals surface area contributed by atoms with E-state index in [0.29, 0.717) is 26.2 Å². The molecule has 0 unspecified atom stereocenters. The maximum absolute atomic E-state index is 12.9. The Kier molecular flexibility index (Phi) is 5.87. The molecule has 1 aromatic heterocycles. The molecule has 4 fully saturated rings. The molecule has 0 aliphatic heterocycles. The number of benzene rings is 1. The summed E-state index contributed by atoms with van der Waals surface area (Å²) >= 11 is 0. The van der Waals surface area contributed by atoms with E-state index in [0.717, 1.165) is 40.5 Å². The second-order valence-corrected chi connectivity index (χ2v) is 10.2. The number of carbonyl (C=O) groups is 1. The highest BCUT2D eigenvalue weighted by Gasteiger charge is 2.51. The van der Waals surface area contributed by atoms with Crippen molar-refractivity contribution in [1.82, 2.24) is 9.78 Å². The highest BCUT2D eigenvalue weighted by molar-refractivity contribution is 5.90. The van der Waals surface area contributed by atoms with Crippen LogP contribution in [0.4, 0.5) is 5.69 Å². The maximum Gasteiger partial charge on any atom is 0.225 e. The van der Waals surface area contributed by atoms with Crippen LogP contribution in [0.1, 0.15) is 64.4 Å². The van der Waals surface area contributed by atoms with Crippen LogP contribution in [-0.2, 0) is 11.3 Å². The van der Waals surface area contributed by atoms with Crippen molar-refractivity contribution < 1.29 is 14.3 Å². The average molecular weight is 438 g/mol. The lowest BCUT2D eigenvalue weighted by Gasteiger charge is -2.56. The molecule has 2 aromatic rings. The summed E-state index contributed by atoms with van der Waals surface area (Å²) in [6, 6.07) is 5.98. The molecule has 1 aromatic carbocycles. The van der Waals surface area contributed by atoms with E-state index in [2.05, 4.69) is 10.4 Å². The van der Waals surface area contributed by atoms with Crippen LogP contribution in [0.2, 0.25) is 0 Å². The van der Waals surface area contributed by atoms with E-state index >= 15 is 0 Å². The molecular weight excluding hydrogens is 402 g/mol. The Bertz CT molecular complexity index is 932. The Morgan fingerprint density at radius 2 is 1.72 bits per heavy atom. The average Bonchev–Trinajstić information content (AvgIpc) is 3.15. The van der Waals surface area contributed by atoms with E-state index in [1.807, 2.05) is 42.9 Å². The molecule has 1 heterocycles. The second-order valence-electron chi connectivity index (χ2n) is 10.2. The molecule has 0 spiro atoms. The number of amides is 1. The lowest BCUT2D eigenvalue weighted by molar-refractivity contribution is -0.124. The van der Waals surface area contributed by atoms with Gasteiger partial charge in [0, 0.05) is 12.6 Å². The first-order valence-electron chi connectivity index (χ1n) is 12.2. The first kappa shape index (κ1) is 21.4. The first-order chi connectivity index (χ1) is 15.5. The molecule has 4 saturated carbocycles. The first-order valence-corrected chi connectivity index (χ1v) is 12.2. The standard InChI is InChI=1S/C26H35N3O3/c1-3-31-23-6-5-18(10-24(23)32-4-2)16-29-17-22(15-27-29)28-25(30)14-26-11-19-7-20(12-26)9-21(8-19)13-26/h5-6,10,15,17,19-21H,3-4,7-9,11-14,16H2,1-2H3,(H,28,30). The summed E-state index contributed by atoms with van der Waals surface area (Å²) in [4.78, 5) is 12.9. The number of ether oxygens (including phenoxy) is 2. The summed E-state index contributed by atoms with van der Waals surface area (Å²) in [7, 11) is 0. The van der Waals surface area contributed by atoms with Gasteiger partial charge >= 0.3 is 0 Å². The quantitative estimate of drug-likeness (QED) is 0.580. The Hall–Kier alpha value is -2.50. The van der Waals surface area contributed by atoms with Crippen molar-refractivity contribution in [2.45, 2.75) is 65.3 Å². The van der Waals surface area contributed by atoms with Crippen LogP contribution in [-0.4, -0.2) is 28.9 Å². The fraction of sp³-hybridized carbons (Fsp3) is 0.615. The van der Waals surface area contributed by atoms with Gasteiger partial charge in [-0.2, -0.15) is 5.10 Å². The summed E-state index contributed by atoms with van der Waals surface area (Å²) < 4.78 is 13.2. The molecule has 0 saturated heterocycles. The number of nitrogens with one attached hydrogen (secondary N) is 1. The minimum atomic E-state index is 0.145. The van der Waals surface area contributed by atoms with Crippen LogP contribution in [0.3, 0.4) is 0 Å². The van der Waals surface area contributed by atoms with Gasteiger partial charge in [0.05, 0.1) is 31.6 Å². The van der Waals surface area contributed by atoms with Crippen molar-refractivity contribution in [2.75, 3.05) is 18.5 Å². The molecule has 6 heteroatoms. The molecule has 1 amide bonds. The predicted octanol–water partition coefficient (Wildman–Crippen LogP) is 5.27. The van der Waals surface area contributed by atoms with E-state index in [4.69, 9.17) is 9.47 Å². The van der Waals surface area contributed by atoms with Gasteiger partial charge in [0.1, 0.15) is 0 Å². The summed E-state index contributed by atoms with van der Waals surface area (Å²) in [6.07, 6.45) is 12.3. The molecule has 0 radical (unpaired) electrons. The minimum Gasteiger partial charge on any atom is -0.490 e. The van der Waals surface area contributed by atoms with Gasteiger partial charge in [-0.15, -0.1) is 0 Å².